The molecule has 1 aliphatic rings. The van der Waals surface area contributed by atoms with E-state index in [4.69, 9.17) is 9.47 Å². The number of piperidine rings is 1. The zero-order valence-electron chi connectivity index (χ0n) is 17.7. The molecule has 0 saturated carbocycles. The van der Waals surface area contributed by atoms with Crippen molar-refractivity contribution in [1.29, 1.82) is 0 Å². The summed E-state index contributed by atoms with van der Waals surface area (Å²) in [6.07, 6.45) is 4.36. The predicted octanol–water partition coefficient (Wildman–Crippen LogP) is 4.30. The average Bonchev–Trinajstić information content (AvgIpc) is 2.77. The molecule has 0 bridgehead atoms. The summed E-state index contributed by atoms with van der Waals surface area (Å²) in [6.45, 7) is 4.35. The Kier molecular flexibility index (Phi) is 8.45. The highest BCUT2D eigenvalue weighted by atomic mass is 16.6. The number of carbonyl (C=O) groups excluding carboxylic acids is 2. The highest BCUT2D eigenvalue weighted by molar-refractivity contribution is 5.98. The Morgan fingerprint density at radius 2 is 1.67 bits per heavy atom. The van der Waals surface area contributed by atoms with Crippen LogP contribution in [0.4, 0.5) is 0 Å². The van der Waals surface area contributed by atoms with Crippen molar-refractivity contribution in [3.8, 4) is 5.75 Å². The van der Waals surface area contributed by atoms with E-state index in [1.807, 2.05) is 48.5 Å². The van der Waals surface area contributed by atoms with Crippen LogP contribution in [0.5, 0.6) is 5.75 Å². The van der Waals surface area contributed by atoms with Crippen molar-refractivity contribution in [2.75, 3.05) is 26.2 Å². The fourth-order valence-electron chi connectivity index (χ4n) is 3.83. The van der Waals surface area contributed by atoms with Gasteiger partial charge < -0.3 is 9.47 Å². The van der Waals surface area contributed by atoms with Crippen LogP contribution in [0.2, 0.25) is 0 Å². The van der Waals surface area contributed by atoms with E-state index in [-0.39, 0.29) is 24.5 Å². The number of likely N-dealkylation sites (tertiary alicyclic amines) is 1. The number of benzene rings is 2. The van der Waals surface area contributed by atoms with E-state index in [0.29, 0.717) is 30.7 Å². The standard InChI is InChI=1S/C25H31NO4/c1-20(27)30-22(18-26-16-8-3-9-17-26)19-29-25-13-7-6-12-23(25)24(28)15-14-21-10-4-2-5-11-21/h2,4-7,10-13,22H,3,8-9,14-19H2,1H3/t22-/m1/s1. The topological polar surface area (TPSA) is 55.8 Å². The maximum atomic E-state index is 12.8. The van der Waals surface area contributed by atoms with Crippen LogP contribution >= 0.6 is 0 Å². The van der Waals surface area contributed by atoms with Crippen LogP contribution in [-0.2, 0) is 16.0 Å². The monoisotopic (exact) mass is 409 g/mol. The Morgan fingerprint density at radius 3 is 2.40 bits per heavy atom. The first-order valence-electron chi connectivity index (χ1n) is 10.8. The molecule has 0 spiro atoms. The first-order chi connectivity index (χ1) is 14.6. The fourth-order valence-corrected chi connectivity index (χ4v) is 3.83. The first-order valence-corrected chi connectivity index (χ1v) is 10.8. The van der Waals surface area contributed by atoms with Crippen molar-refractivity contribution in [2.45, 2.75) is 45.1 Å². The lowest BCUT2D eigenvalue weighted by Crippen LogP contribution is -2.40. The second-order valence-electron chi connectivity index (χ2n) is 7.81. The van der Waals surface area contributed by atoms with Gasteiger partial charge in [0.05, 0.1) is 5.56 Å². The summed E-state index contributed by atoms with van der Waals surface area (Å²) in [5.74, 6) is 0.286. The number of rotatable bonds is 10. The maximum Gasteiger partial charge on any atom is 0.303 e. The molecule has 5 heteroatoms. The van der Waals surface area contributed by atoms with Crippen LogP contribution in [0.3, 0.4) is 0 Å². The van der Waals surface area contributed by atoms with Crippen LogP contribution in [0, 0.1) is 0 Å². The van der Waals surface area contributed by atoms with Gasteiger partial charge in [-0.3, -0.25) is 14.5 Å². The van der Waals surface area contributed by atoms with Gasteiger partial charge in [0.1, 0.15) is 18.5 Å². The smallest absolute Gasteiger partial charge is 0.303 e. The van der Waals surface area contributed by atoms with Gasteiger partial charge in [-0.15, -0.1) is 0 Å². The number of hydrogen-bond acceptors (Lipinski definition) is 5. The van der Waals surface area contributed by atoms with Gasteiger partial charge in [0.15, 0.2) is 5.78 Å². The molecule has 30 heavy (non-hydrogen) atoms. The van der Waals surface area contributed by atoms with Crippen molar-refractivity contribution in [3.05, 3.63) is 65.7 Å². The molecule has 2 aromatic rings. The number of ketones is 1. The van der Waals surface area contributed by atoms with Crippen molar-refractivity contribution in [1.82, 2.24) is 4.90 Å². The molecule has 3 rings (SSSR count). The molecular formula is C25H31NO4. The second-order valence-corrected chi connectivity index (χ2v) is 7.81. The van der Waals surface area contributed by atoms with Crippen molar-refractivity contribution in [3.63, 3.8) is 0 Å². The Balaban J connectivity index is 1.60. The van der Waals surface area contributed by atoms with Gasteiger partial charge in [0.25, 0.3) is 0 Å². The predicted molar refractivity (Wildman–Crippen MR) is 117 cm³/mol. The van der Waals surface area contributed by atoms with Gasteiger partial charge in [-0.05, 0) is 50.0 Å². The molecule has 5 nitrogen and oxygen atoms in total. The quantitative estimate of drug-likeness (QED) is 0.433. The van der Waals surface area contributed by atoms with Gasteiger partial charge >= 0.3 is 5.97 Å². The third kappa shape index (κ3) is 6.99. The third-order valence-corrected chi connectivity index (χ3v) is 5.34. The molecule has 160 valence electrons. The number of para-hydroxylation sites is 1. The van der Waals surface area contributed by atoms with Crippen molar-refractivity contribution >= 4 is 11.8 Å². The molecule has 1 heterocycles. The van der Waals surface area contributed by atoms with Crippen molar-refractivity contribution < 1.29 is 19.1 Å². The molecule has 1 fully saturated rings. The molecule has 0 amide bonds. The highest BCUT2D eigenvalue weighted by Gasteiger charge is 2.21. The van der Waals surface area contributed by atoms with E-state index in [0.717, 1.165) is 18.7 Å². The van der Waals surface area contributed by atoms with E-state index < -0.39 is 0 Å². The summed E-state index contributed by atoms with van der Waals surface area (Å²) >= 11 is 0. The number of hydrogen-bond donors (Lipinski definition) is 0. The SMILES string of the molecule is CC(=O)O[C@@H](COc1ccccc1C(=O)CCc1ccccc1)CN1CCCCC1. The van der Waals surface area contributed by atoms with Gasteiger partial charge in [-0.25, -0.2) is 0 Å². The minimum atomic E-state index is -0.354. The molecule has 0 radical (unpaired) electrons. The molecule has 1 aliphatic heterocycles. The van der Waals surface area contributed by atoms with Gasteiger partial charge in [-0.2, -0.15) is 0 Å². The van der Waals surface area contributed by atoms with Gasteiger partial charge in [0, 0.05) is 19.9 Å². The van der Waals surface area contributed by atoms with Crippen LogP contribution in [0.15, 0.2) is 54.6 Å². The lowest BCUT2D eigenvalue weighted by molar-refractivity contribution is -0.149. The van der Waals surface area contributed by atoms with Crippen LogP contribution < -0.4 is 4.74 Å². The van der Waals surface area contributed by atoms with Gasteiger partial charge in [-0.1, -0.05) is 48.9 Å². The number of ether oxygens (including phenoxy) is 2. The number of aryl methyl sites for hydroxylation is 1. The lowest BCUT2D eigenvalue weighted by atomic mass is 10.0. The zero-order chi connectivity index (χ0) is 21.2. The summed E-state index contributed by atoms with van der Waals surface area (Å²) in [7, 11) is 0. The maximum absolute atomic E-state index is 12.8. The number of esters is 1. The molecule has 0 unspecified atom stereocenters. The van der Waals surface area contributed by atoms with E-state index in [1.54, 1.807) is 6.07 Å². The first kappa shape index (κ1) is 22.0. The Morgan fingerprint density at radius 1 is 0.967 bits per heavy atom. The Hall–Kier alpha value is -2.66. The van der Waals surface area contributed by atoms with Crippen LogP contribution in [0.25, 0.3) is 0 Å². The van der Waals surface area contributed by atoms with E-state index >= 15 is 0 Å². The second kappa shape index (κ2) is 11.5. The van der Waals surface area contributed by atoms with E-state index in [2.05, 4.69) is 4.90 Å². The Labute approximate surface area is 179 Å². The van der Waals surface area contributed by atoms with Crippen molar-refractivity contribution in [2.24, 2.45) is 0 Å². The minimum absolute atomic E-state index is 0.0505. The van der Waals surface area contributed by atoms with E-state index in [1.165, 1.54) is 26.2 Å². The summed E-state index contributed by atoms with van der Waals surface area (Å²) < 4.78 is 11.5. The normalized spacial score (nSPS) is 15.4. The summed E-state index contributed by atoms with van der Waals surface area (Å²) in [4.78, 5) is 26.7. The number of carbonyl (C=O) groups is 2. The van der Waals surface area contributed by atoms with Gasteiger partial charge in [0.2, 0.25) is 0 Å². The number of nitrogens with zero attached hydrogens (tertiary/aromatic N) is 1. The van der Waals surface area contributed by atoms with E-state index in [9.17, 15) is 9.59 Å². The lowest BCUT2D eigenvalue weighted by Gasteiger charge is -2.30. The third-order valence-electron chi connectivity index (χ3n) is 5.34. The summed E-state index contributed by atoms with van der Waals surface area (Å²) in [5, 5.41) is 0. The summed E-state index contributed by atoms with van der Waals surface area (Å²) in [6, 6.07) is 17.3. The molecule has 1 atom stereocenters. The molecule has 0 aliphatic carbocycles. The highest BCUT2D eigenvalue weighted by Crippen LogP contribution is 2.21. The van der Waals surface area contributed by atoms with Crippen LogP contribution in [0.1, 0.15) is 48.5 Å². The Bertz CT molecular complexity index is 815. The minimum Gasteiger partial charge on any atom is -0.489 e. The molecule has 0 aromatic heterocycles. The molecule has 1 saturated heterocycles. The molecular weight excluding hydrogens is 378 g/mol. The largest absolute Gasteiger partial charge is 0.489 e. The number of Topliss-reactive ketones (excluding diaryl/α,β-unsaturated/α-hetero) is 1. The fraction of sp³-hybridized carbons (Fsp3) is 0.440. The molecule has 2 aromatic carbocycles. The average molecular weight is 410 g/mol. The zero-order valence-corrected chi connectivity index (χ0v) is 17.7. The van der Waals surface area contributed by atoms with Crippen LogP contribution in [-0.4, -0.2) is 49.0 Å². The summed E-state index contributed by atoms with van der Waals surface area (Å²) in [5.41, 5.74) is 1.72. The molecule has 0 N–H and O–H groups in total.